The quantitative estimate of drug-likeness (QED) is 0.767. The van der Waals surface area contributed by atoms with Crippen molar-refractivity contribution in [3.8, 4) is 5.75 Å². The molecular formula is C11H17NO. The highest BCUT2D eigenvalue weighted by Crippen LogP contribution is 2.17. The number of benzene rings is 1. The fraction of sp³-hybridized carbons (Fsp3) is 0.455. The van der Waals surface area contributed by atoms with Gasteiger partial charge in [0.2, 0.25) is 0 Å². The van der Waals surface area contributed by atoms with Crippen molar-refractivity contribution in [2.24, 2.45) is 0 Å². The van der Waals surface area contributed by atoms with Crippen molar-refractivity contribution in [3.63, 3.8) is 0 Å². The van der Waals surface area contributed by atoms with Gasteiger partial charge in [-0.2, -0.15) is 0 Å². The molecule has 0 aromatic heterocycles. The van der Waals surface area contributed by atoms with Gasteiger partial charge in [-0.05, 0) is 25.5 Å². The molecule has 72 valence electrons. The normalized spacial score (nSPS) is 12.2. The van der Waals surface area contributed by atoms with Crippen LogP contribution >= 0.6 is 0 Å². The smallest absolute Gasteiger partial charge is 0.120 e. The van der Waals surface area contributed by atoms with E-state index in [1.165, 1.54) is 0 Å². The van der Waals surface area contributed by atoms with E-state index in [9.17, 15) is 0 Å². The fourth-order valence-corrected chi connectivity index (χ4v) is 1.10. The molecule has 0 heterocycles. The minimum atomic E-state index is 0.507. The van der Waals surface area contributed by atoms with Crippen LogP contribution in [0.15, 0.2) is 24.3 Å². The van der Waals surface area contributed by atoms with Crippen LogP contribution in [0.2, 0.25) is 0 Å². The van der Waals surface area contributed by atoms with Crippen LogP contribution in [0.25, 0.3) is 0 Å². The van der Waals surface area contributed by atoms with Crippen LogP contribution < -0.4 is 10.1 Å². The first-order valence-corrected chi connectivity index (χ1v) is 4.67. The van der Waals surface area contributed by atoms with Gasteiger partial charge in [0, 0.05) is 17.8 Å². The molecule has 1 atom stereocenters. The Hall–Kier alpha value is -1.18. The second-order valence-electron chi connectivity index (χ2n) is 3.19. The van der Waals surface area contributed by atoms with Crippen molar-refractivity contribution in [2.45, 2.75) is 26.3 Å². The molecule has 13 heavy (non-hydrogen) atoms. The Labute approximate surface area is 79.9 Å². The average molecular weight is 179 g/mol. The lowest BCUT2D eigenvalue weighted by atomic mass is 10.2. The van der Waals surface area contributed by atoms with Gasteiger partial charge >= 0.3 is 0 Å². The van der Waals surface area contributed by atoms with Gasteiger partial charge in [0.15, 0.2) is 0 Å². The summed E-state index contributed by atoms with van der Waals surface area (Å²) in [6.07, 6.45) is 1.12. The predicted molar refractivity (Wildman–Crippen MR) is 56.4 cm³/mol. The molecule has 0 fully saturated rings. The Morgan fingerprint density at radius 3 is 2.85 bits per heavy atom. The summed E-state index contributed by atoms with van der Waals surface area (Å²) in [5, 5.41) is 3.39. The minimum absolute atomic E-state index is 0.507. The number of nitrogens with one attached hydrogen (secondary N) is 1. The zero-order chi connectivity index (χ0) is 9.68. The SMILES string of the molecule is CCC(C)Nc1cccc(OC)c1. The summed E-state index contributed by atoms with van der Waals surface area (Å²) in [5.74, 6) is 0.897. The minimum Gasteiger partial charge on any atom is -0.497 e. The van der Waals surface area contributed by atoms with Gasteiger partial charge in [-0.1, -0.05) is 13.0 Å². The van der Waals surface area contributed by atoms with Gasteiger partial charge in [-0.3, -0.25) is 0 Å². The van der Waals surface area contributed by atoms with Gasteiger partial charge in [0.05, 0.1) is 7.11 Å². The van der Waals surface area contributed by atoms with Crippen molar-refractivity contribution in [3.05, 3.63) is 24.3 Å². The molecule has 0 aliphatic heterocycles. The van der Waals surface area contributed by atoms with Crippen LogP contribution in [-0.4, -0.2) is 13.2 Å². The van der Waals surface area contributed by atoms with E-state index in [1.54, 1.807) is 7.11 Å². The van der Waals surface area contributed by atoms with Gasteiger partial charge in [0.1, 0.15) is 5.75 Å². The Bertz CT molecular complexity index is 260. The van der Waals surface area contributed by atoms with E-state index in [-0.39, 0.29) is 0 Å². The first kappa shape index (κ1) is 9.90. The molecule has 1 aromatic rings. The standard InChI is InChI=1S/C11H17NO/c1-4-9(2)12-10-6-5-7-11(8-10)13-3/h5-9,12H,4H2,1-3H3. The van der Waals surface area contributed by atoms with Crippen LogP contribution in [0.5, 0.6) is 5.75 Å². The molecule has 2 heteroatoms. The highest BCUT2D eigenvalue weighted by Gasteiger charge is 1.99. The highest BCUT2D eigenvalue weighted by molar-refractivity contribution is 5.48. The zero-order valence-electron chi connectivity index (χ0n) is 8.50. The molecule has 2 nitrogen and oxygen atoms in total. The van der Waals surface area contributed by atoms with Gasteiger partial charge in [-0.25, -0.2) is 0 Å². The number of methoxy groups -OCH3 is 1. The summed E-state index contributed by atoms with van der Waals surface area (Å²) in [6, 6.07) is 8.50. The van der Waals surface area contributed by atoms with Gasteiger partial charge < -0.3 is 10.1 Å². The first-order valence-electron chi connectivity index (χ1n) is 4.67. The van der Waals surface area contributed by atoms with Gasteiger partial charge in [-0.15, -0.1) is 0 Å². The molecule has 0 saturated heterocycles. The van der Waals surface area contributed by atoms with E-state index in [0.717, 1.165) is 17.9 Å². The van der Waals surface area contributed by atoms with E-state index in [1.807, 2.05) is 18.2 Å². The number of ether oxygens (including phenoxy) is 1. The van der Waals surface area contributed by atoms with E-state index in [0.29, 0.717) is 6.04 Å². The number of anilines is 1. The second-order valence-corrected chi connectivity index (χ2v) is 3.19. The summed E-state index contributed by atoms with van der Waals surface area (Å²) in [7, 11) is 1.68. The number of hydrogen-bond acceptors (Lipinski definition) is 2. The zero-order valence-corrected chi connectivity index (χ0v) is 8.50. The lowest BCUT2D eigenvalue weighted by Gasteiger charge is -2.13. The van der Waals surface area contributed by atoms with Crippen molar-refractivity contribution < 1.29 is 4.74 Å². The molecule has 0 amide bonds. The predicted octanol–water partition coefficient (Wildman–Crippen LogP) is 2.91. The van der Waals surface area contributed by atoms with Gasteiger partial charge in [0.25, 0.3) is 0 Å². The van der Waals surface area contributed by atoms with Crippen molar-refractivity contribution in [1.82, 2.24) is 0 Å². The lowest BCUT2D eigenvalue weighted by Crippen LogP contribution is -2.13. The molecule has 0 aliphatic rings. The maximum absolute atomic E-state index is 5.13. The van der Waals surface area contributed by atoms with Crippen LogP contribution in [0.3, 0.4) is 0 Å². The number of rotatable bonds is 4. The highest BCUT2D eigenvalue weighted by atomic mass is 16.5. The molecule has 0 bridgehead atoms. The Morgan fingerprint density at radius 2 is 2.23 bits per heavy atom. The molecule has 1 unspecified atom stereocenters. The topological polar surface area (TPSA) is 21.3 Å². The third-order valence-corrected chi connectivity index (χ3v) is 2.10. The maximum atomic E-state index is 5.13. The van der Waals surface area contributed by atoms with Crippen LogP contribution in [0.4, 0.5) is 5.69 Å². The van der Waals surface area contributed by atoms with E-state index in [4.69, 9.17) is 4.74 Å². The third kappa shape index (κ3) is 2.98. The summed E-state index contributed by atoms with van der Waals surface area (Å²) in [5.41, 5.74) is 1.12. The molecule has 1 rings (SSSR count). The van der Waals surface area contributed by atoms with Crippen LogP contribution in [0, 0.1) is 0 Å². The molecular weight excluding hydrogens is 162 g/mol. The largest absolute Gasteiger partial charge is 0.497 e. The lowest BCUT2D eigenvalue weighted by molar-refractivity contribution is 0.415. The van der Waals surface area contributed by atoms with Crippen molar-refractivity contribution in [2.75, 3.05) is 12.4 Å². The molecule has 0 aliphatic carbocycles. The van der Waals surface area contributed by atoms with Crippen LogP contribution in [0.1, 0.15) is 20.3 Å². The average Bonchev–Trinajstić information content (AvgIpc) is 2.18. The Balaban J connectivity index is 2.66. The summed E-state index contributed by atoms with van der Waals surface area (Å²) < 4.78 is 5.13. The number of hydrogen-bond donors (Lipinski definition) is 1. The fourth-order valence-electron chi connectivity index (χ4n) is 1.10. The first-order chi connectivity index (χ1) is 6.26. The van der Waals surface area contributed by atoms with Crippen molar-refractivity contribution >= 4 is 5.69 Å². The van der Waals surface area contributed by atoms with Crippen LogP contribution in [-0.2, 0) is 0 Å². The molecule has 1 aromatic carbocycles. The van der Waals surface area contributed by atoms with E-state index in [2.05, 4.69) is 25.2 Å². The molecule has 0 radical (unpaired) electrons. The molecule has 0 saturated carbocycles. The maximum Gasteiger partial charge on any atom is 0.120 e. The van der Waals surface area contributed by atoms with E-state index < -0.39 is 0 Å². The second kappa shape index (κ2) is 4.75. The molecule has 0 spiro atoms. The van der Waals surface area contributed by atoms with E-state index >= 15 is 0 Å². The Morgan fingerprint density at radius 1 is 1.46 bits per heavy atom. The summed E-state index contributed by atoms with van der Waals surface area (Å²) in [4.78, 5) is 0. The summed E-state index contributed by atoms with van der Waals surface area (Å²) in [6.45, 7) is 4.33. The monoisotopic (exact) mass is 179 g/mol. The third-order valence-electron chi connectivity index (χ3n) is 2.10. The van der Waals surface area contributed by atoms with Crippen molar-refractivity contribution in [1.29, 1.82) is 0 Å². The Kier molecular flexibility index (Phi) is 3.62. The molecule has 1 N–H and O–H groups in total. The summed E-state index contributed by atoms with van der Waals surface area (Å²) >= 11 is 0.